The Kier molecular flexibility index (Phi) is 6.67. The zero-order valence-electron chi connectivity index (χ0n) is 15.1. The number of nitrogens with zero attached hydrogens (tertiary/aromatic N) is 1. The molecule has 146 valence electrons. The van der Waals surface area contributed by atoms with E-state index in [9.17, 15) is 17.6 Å². The minimum Gasteiger partial charge on any atom is -0.495 e. The summed E-state index contributed by atoms with van der Waals surface area (Å²) >= 11 is 5.96. The summed E-state index contributed by atoms with van der Waals surface area (Å²) in [6.07, 6.45) is 1.05. The molecule has 27 heavy (non-hydrogen) atoms. The number of carbonyl (C=O) groups excluding carboxylic acids is 1. The van der Waals surface area contributed by atoms with Crippen LogP contribution in [0, 0.1) is 5.82 Å². The predicted octanol–water partition coefficient (Wildman–Crippen LogP) is 3.67. The number of carbonyl (C=O) groups is 1. The molecule has 0 saturated heterocycles. The topological polar surface area (TPSA) is 75.7 Å². The van der Waals surface area contributed by atoms with Crippen molar-refractivity contribution in [2.75, 3.05) is 23.0 Å². The Hall–Kier alpha value is -2.32. The van der Waals surface area contributed by atoms with Crippen molar-refractivity contribution < 1.29 is 22.3 Å². The van der Waals surface area contributed by atoms with E-state index in [0.717, 1.165) is 16.6 Å². The van der Waals surface area contributed by atoms with Gasteiger partial charge in [-0.05, 0) is 36.8 Å². The monoisotopic (exact) mass is 414 g/mol. The van der Waals surface area contributed by atoms with Crippen LogP contribution in [-0.2, 0) is 14.8 Å². The second-order valence-electron chi connectivity index (χ2n) is 5.77. The molecule has 0 aromatic heterocycles. The second-order valence-corrected chi connectivity index (χ2v) is 8.06. The first-order chi connectivity index (χ1) is 12.7. The van der Waals surface area contributed by atoms with Gasteiger partial charge in [0.2, 0.25) is 15.9 Å². The zero-order valence-corrected chi connectivity index (χ0v) is 16.6. The van der Waals surface area contributed by atoms with Crippen molar-refractivity contribution in [3.63, 3.8) is 0 Å². The summed E-state index contributed by atoms with van der Waals surface area (Å²) < 4.78 is 44.9. The zero-order chi connectivity index (χ0) is 20.2. The van der Waals surface area contributed by atoms with Gasteiger partial charge < -0.3 is 10.1 Å². The molecule has 2 aromatic rings. The third kappa shape index (κ3) is 4.90. The SMILES string of the molecule is CC[C@H](C(=O)Nc1cc(Cl)ccc1OC)N(c1ccccc1F)S(C)(=O)=O. The normalized spacial score (nSPS) is 12.3. The van der Waals surface area contributed by atoms with Crippen LogP contribution in [0.25, 0.3) is 0 Å². The van der Waals surface area contributed by atoms with E-state index in [0.29, 0.717) is 10.8 Å². The molecule has 6 nitrogen and oxygen atoms in total. The fourth-order valence-electron chi connectivity index (χ4n) is 2.66. The van der Waals surface area contributed by atoms with Gasteiger partial charge in [-0.3, -0.25) is 9.10 Å². The van der Waals surface area contributed by atoms with Gasteiger partial charge in [0.05, 0.1) is 24.7 Å². The van der Waals surface area contributed by atoms with Crippen LogP contribution in [0.15, 0.2) is 42.5 Å². The van der Waals surface area contributed by atoms with Gasteiger partial charge in [0.25, 0.3) is 0 Å². The quantitative estimate of drug-likeness (QED) is 0.750. The molecule has 0 aliphatic carbocycles. The van der Waals surface area contributed by atoms with Crippen LogP contribution in [0.4, 0.5) is 15.8 Å². The van der Waals surface area contributed by atoms with Crippen LogP contribution in [0.1, 0.15) is 13.3 Å². The number of ether oxygens (including phenoxy) is 1. The summed E-state index contributed by atoms with van der Waals surface area (Å²) in [7, 11) is -2.51. The number of hydrogen-bond donors (Lipinski definition) is 1. The summed E-state index contributed by atoms with van der Waals surface area (Å²) in [4.78, 5) is 12.9. The van der Waals surface area contributed by atoms with E-state index >= 15 is 0 Å². The first-order valence-corrected chi connectivity index (χ1v) is 10.3. The number of benzene rings is 2. The molecule has 2 rings (SSSR count). The van der Waals surface area contributed by atoms with Crippen molar-refractivity contribution in [2.24, 2.45) is 0 Å². The van der Waals surface area contributed by atoms with Crippen LogP contribution in [0.5, 0.6) is 5.75 Å². The summed E-state index contributed by atoms with van der Waals surface area (Å²) in [5.74, 6) is -1.01. The van der Waals surface area contributed by atoms with Crippen LogP contribution in [0.2, 0.25) is 5.02 Å². The van der Waals surface area contributed by atoms with Crippen LogP contribution in [-0.4, -0.2) is 33.7 Å². The first kappa shape index (κ1) is 21.0. The van der Waals surface area contributed by atoms with Crippen molar-refractivity contribution in [1.82, 2.24) is 0 Å². The number of nitrogens with one attached hydrogen (secondary N) is 1. The number of hydrogen-bond acceptors (Lipinski definition) is 4. The number of rotatable bonds is 7. The number of sulfonamides is 1. The molecule has 1 atom stereocenters. The molecular formula is C18H20ClFN2O4S. The van der Waals surface area contributed by atoms with Gasteiger partial charge in [-0.25, -0.2) is 12.8 Å². The summed E-state index contributed by atoms with van der Waals surface area (Å²) in [5, 5.41) is 2.99. The lowest BCUT2D eigenvalue weighted by molar-refractivity contribution is -0.117. The van der Waals surface area contributed by atoms with Gasteiger partial charge in [-0.1, -0.05) is 30.7 Å². The average molecular weight is 415 g/mol. The van der Waals surface area contributed by atoms with Gasteiger partial charge in [0, 0.05) is 5.02 Å². The first-order valence-electron chi connectivity index (χ1n) is 8.07. The standard InChI is InChI=1S/C18H20ClFN2O4S/c1-4-15(18(23)21-14-11-12(19)9-10-17(14)26-2)22(27(3,24)25)16-8-6-5-7-13(16)20/h5-11,15H,4H2,1-3H3,(H,21,23)/t15-/m1/s1. The molecule has 0 saturated carbocycles. The number of halogens is 2. The van der Waals surface area contributed by atoms with Crippen molar-refractivity contribution >= 4 is 38.9 Å². The highest BCUT2D eigenvalue weighted by Crippen LogP contribution is 2.30. The predicted molar refractivity (Wildman–Crippen MR) is 104 cm³/mol. The van der Waals surface area contributed by atoms with E-state index in [-0.39, 0.29) is 17.8 Å². The maximum atomic E-state index is 14.3. The van der Waals surface area contributed by atoms with Crippen molar-refractivity contribution in [3.8, 4) is 5.75 Å². The molecule has 2 aromatic carbocycles. The minimum absolute atomic E-state index is 0.121. The Morgan fingerprint density at radius 3 is 2.52 bits per heavy atom. The molecular weight excluding hydrogens is 395 g/mol. The Labute approximate surface area is 162 Å². The highest BCUT2D eigenvalue weighted by Gasteiger charge is 2.33. The van der Waals surface area contributed by atoms with E-state index < -0.39 is 27.8 Å². The van der Waals surface area contributed by atoms with Gasteiger partial charge in [-0.15, -0.1) is 0 Å². The molecule has 0 aliphatic heterocycles. The Morgan fingerprint density at radius 2 is 1.96 bits per heavy atom. The minimum atomic E-state index is -3.94. The van der Waals surface area contributed by atoms with Gasteiger partial charge in [-0.2, -0.15) is 0 Å². The Balaban J connectivity index is 2.44. The molecule has 0 fully saturated rings. The van der Waals surface area contributed by atoms with E-state index in [2.05, 4.69) is 5.32 Å². The van der Waals surface area contributed by atoms with Crippen molar-refractivity contribution in [2.45, 2.75) is 19.4 Å². The summed E-state index contributed by atoms with van der Waals surface area (Å²) in [6, 6.07) is 8.88. The Bertz CT molecular complexity index is 937. The highest BCUT2D eigenvalue weighted by molar-refractivity contribution is 7.92. The van der Waals surface area contributed by atoms with Gasteiger partial charge in [0.1, 0.15) is 17.6 Å². The van der Waals surface area contributed by atoms with Crippen LogP contribution in [0.3, 0.4) is 0 Å². The summed E-state index contributed by atoms with van der Waals surface area (Å²) in [5.41, 5.74) is 0.0930. The van der Waals surface area contributed by atoms with Crippen LogP contribution < -0.4 is 14.4 Å². The van der Waals surface area contributed by atoms with E-state index in [1.165, 1.54) is 31.4 Å². The third-order valence-corrected chi connectivity index (χ3v) is 5.24. The van der Waals surface area contributed by atoms with E-state index in [4.69, 9.17) is 16.3 Å². The largest absolute Gasteiger partial charge is 0.495 e. The fraction of sp³-hybridized carbons (Fsp3) is 0.278. The van der Waals surface area contributed by atoms with Crippen molar-refractivity contribution in [1.29, 1.82) is 0 Å². The number of methoxy groups -OCH3 is 1. The fourth-order valence-corrected chi connectivity index (χ4v) is 4.04. The molecule has 0 unspecified atom stereocenters. The summed E-state index contributed by atoms with van der Waals surface area (Å²) in [6.45, 7) is 1.64. The average Bonchev–Trinajstić information content (AvgIpc) is 2.59. The molecule has 9 heteroatoms. The maximum absolute atomic E-state index is 14.3. The second kappa shape index (κ2) is 8.58. The smallest absolute Gasteiger partial charge is 0.248 e. The lowest BCUT2D eigenvalue weighted by Crippen LogP contribution is -2.47. The Morgan fingerprint density at radius 1 is 1.30 bits per heavy atom. The number of para-hydroxylation sites is 1. The molecule has 0 radical (unpaired) electrons. The van der Waals surface area contributed by atoms with Gasteiger partial charge >= 0.3 is 0 Å². The lowest BCUT2D eigenvalue weighted by atomic mass is 10.1. The van der Waals surface area contributed by atoms with E-state index in [1.807, 2.05) is 0 Å². The molecule has 1 amide bonds. The van der Waals surface area contributed by atoms with Crippen LogP contribution >= 0.6 is 11.6 Å². The maximum Gasteiger partial charge on any atom is 0.248 e. The highest BCUT2D eigenvalue weighted by atomic mass is 35.5. The third-order valence-electron chi connectivity index (χ3n) is 3.84. The molecule has 0 aliphatic rings. The number of anilines is 2. The van der Waals surface area contributed by atoms with E-state index in [1.54, 1.807) is 19.1 Å². The molecule has 1 N–H and O–H groups in total. The molecule has 0 spiro atoms. The molecule has 0 bridgehead atoms. The molecule has 0 heterocycles. The van der Waals surface area contributed by atoms with Crippen molar-refractivity contribution in [3.05, 3.63) is 53.3 Å². The lowest BCUT2D eigenvalue weighted by Gasteiger charge is -2.30. The van der Waals surface area contributed by atoms with Gasteiger partial charge in [0.15, 0.2) is 0 Å². The number of amides is 1.